The van der Waals surface area contributed by atoms with Crippen molar-refractivity contribution < 1.29 is 9.53 Å². The highest BCUT2D eigenvalue weighted by molar-refractivity contribution is 7.15. The lowest BCUT2D eigenvalue weighted by molar-refractivity contribution is 0.142. The Morgan fingerprint density at radius 1 is 1.33 bits per heavy atom. The molecule has 0 spiro atoms. The van der Waals surface area contributed by atoms with Crippen LogP contribution in [0.5, 0.6) is 0 Å². The summed E-state index contributed by atoms with van der Waals surface area (Å²) in [4.78, 5) is 14.5. The molecule has 0 saturated heterocycles. The molecule has 2 rings (SSSR count). The summed E-state index contributed by atoms with van der Waals surface area (Å²) in [6.07, 6.45) is 4.11. The molecule has 0 aromatic carbocycles. The van der Waals surface area contributed by atoms with Crippen molar-refractivity contribution in [3.63, 3.8) is 0 Å². The monoisotopic (exact) mass is 355 g/mol. The fraction of sp³-hybridized carbons (Fsp3) is 0.812. The Kier molecular flexibility index (Phi) is 7.87. The largest absolute Gasteiger partial charge is 0.384 e. The van der Waals surface area contributed by atoms with Crippen LogP contribution in [-0.2, 0) is 11.2 Å². The van der Waals surface area contributed by atoms with Crippen molar-refractivity contribution in [1.82, 2.24) is 20.4 Å². The summed E-state index contributed by atoms with van der Waals surface area (Å²) < 4.78 is 5.23. The van der Waals surface area contributed by atoms with Gasteiger partial charge in [-0.15, -0.1) is 10.2 Å². The fourth-order valence-corrected chi connectivity index (χ4v) is 3.86. The van der Waals surface area contributed by atoms with Crippen molar-refractivity contribution in [3.05, 3.63) is 5.01 Å². The summed E-state index contributed by atoms with van der Waals surface area (Å²) in [6, 6.07) is -0.0190. The second-order valence-electron chi connectivity index (χ2n) is 6.13. The number of urea groups is 1. The quantitative estimate of drug-likeness (QED) is 0.711. The highest BCUT2D eigenvalue weighted by Gasteiger charge is 2.28. The van der Waals surface area contributed by atoms with E-state index in [9.17, 15) is 4.79 Å². The minimum Gasteiger partial charge on any atom is -0.384 e. The van der Waals surface area contributed by atoms with Crippen molar-refractivity contribution in [2.45, 2.75) is 45.6 Å². The average Bonchev–Trinajstić information content (AvgIpc) is 3.19. The molecule has 1 aromatic heterocycles. The summed E-state index contributed by atoms with van der Waals surface area (Å²) in [6.45, 7) is 8.04. The van der Waals surface area contributed by atoms with E-state index in [-0.39, 0.29) is 12.1 Å². The van der Waals surface area contributed by atoms with E-state index in [1.54, 1.807) is 7.11 Å². The van der Waals surface area contributed by atoms with Crippen LogP contribution in [0.15, 0.2) is 0 Å². The summed E-state index contributed by atoms with van der Waals surface area (Å²) in [5.74, 6) is 0.403. The predicted octanol–water partition coefficient (Wildman–Crippen LogP) is 2.36. The third-order valence-electron chi connectivity index (χ3n) is 4.58. The number of ether oxygens (including phenoxy) is 1. The Bertz CT molecular complexity index is 506. The van der Waals surface area contributed by atoms with Gasteiger partial charge in [0, 0.05) is 32.0 Å². The number of hydrogen-bond donors (Lipinski definition) is 2. The molecular weight excluding hydrogens is 326 g/mol. The molecule has 1 saturated carbocycles. The number of anilines is 1. The molecule has 0 bridgehead atoms. The van der Waals surface area contributed by atoms with Crippen LogP contribution in [0.1, 0.15) is 38.1 Å². The van der Waals surface area contributed by atoms with Gasteiger partial charge in [-0.1, -0.05) is 31.6 Å². The van der Waals surface area contributed by atoms with Crippen LogP contribution in [0.4, 0.5) is 9.93 Å². The Morgan fingerprint density at radius 2 is 2.12 bits per heavy atom. The number of nitrogens with zero attached hydrogens (tertiary/aromatic N) is 3. The number of aromatic nitrogens is 2. The van der Waals surface area contributed by atoms with Gasteiger partial charge in [-0.3, -0.25) is 5.32 Å². The lowest BCUT2D eigenvalue weighted by atomic mass is 10.1. The van der Waals surface area contributed by atoms with Gasteiger partial charge in [-0.2, -0.15) is 0 Å². The number of likely N-dealkylation sites (N-methyl/N-ethyl adjacent to an activating group) is 1. The summed E-state index contributed by atoms with van der Waals surface area (Å²) in [5, 5.41) is 15.6. The molecule has 2 atom stereocenters. The predicted molar refractivity (Wildman–Crippen MR) is 96.6 cm³/mol. The zero-order valence-corrected chi connectivity index (χ0v) is 15.7. The second-order valence-corrected chi connectivity index (χ2v) is 7.19. The van der Waals surface area contributed by atoms with Crippen LogP contribution in [-0.4, -0.2) is 60.5 Å². The van der Waals surface area contributed by atoms with Gasteiger partial charge in [0.2, 0.25) is 5.13 Å². The smallest absolute Gasteiger partial charge is 0.321 e. The summed E-state index contributed by atoms with van der Waals surface area (Å²) >= 11 is 1.45. The van der Waals surface area contributed by atoms with Crippen LogP contribution in [0, 0.1) is 5.92 Å². The third-order valence-corrected chi connectivity index (χ3v) is 5.48. The Morgan fingerprint density at radius 3 is 2.83 bits per heavy atom. The highest BCUT2D eigenvalue weighted by atomic mass is 32.1. The minimum absolute atomic E-state index is 0.181. The molecule has 7 nitrogen and oxygen atoms in total. The Labute approximate surface area is 148 Å². The maximum atomic E-state index is 12.2. The van der Waals surface area contributed by atoms with E-state index in [1.807, 2.05) is 0 Å². The topological polar surface area (TPSA) is 79.4 Å². The SMILES string of the molecule is CCN(CC)CCc1nnc(NC(=O)N[C@@H]2CCC[C@@H]2COC)s1. The van der Waals surface area contributed by atoms with Crippen LogP contribution in [0.2, 0.25) is 0 Å². The van der Waals surface area contributed by atoms with Crippen LogP contribution in [0.3, 0.4) is 0 Å². The van der Waals surface area contributed by atoms with Crippen LogP contribution < -0.4 is 10.6 Å². The molecule has 24 heavy (non-hydrogen) atoms. The van der Waals surface area contributed by atoms with Crippen molar-refractivity contribution in [2.24, 2.45) is 5.92 Å². The summed E-state index contributed by atoms with van der Waals surface area (Å²) in [5.41, 5.74) is 0. The molecule has 2 amide bonds. The minimum atomic E-state index is -0.200. The first-order valence-electron chi connectivity index (χ1n) is 8.77. The molecule has 1 fully saturated rings. The van der Waals surface area contributed by atoms with Crippen molar-refractivity contribution >= 4 is 22.5 Å². The fourth-order valence-electron chi connectivity index (χ4n) is 3.14. The molecule has 0 radical (unpaired) electrons. The molecule has 136 valence electrons. The van der Waals surface area contributed by atoms with E-state index in [1.165, 1.54) is 11.3 Å². The molecule has 2 N–H and O–H groups in total. The Hall–Kier alpha value is -1.25. The van der Waals surface area contributed by atoms with Crippen molar-refractivity contribution in [2.75, 3.05) is 38.7 Å². The maximum absolute atomic E-state index is 12.2. The molecule has 1 aliphatic carbocycles. The number of carbonyl (C=O) groups excluding carboxylic acids is 1. The molecule has 0 unspecified atom stereocenters. The first-order valence-corrected chi connectivity index (χ1v) is 9.59. The van der Waals surface area contributed by atoms with E-state index < -0.39 is 0 Å². The third kappa shape index (κ3) is 5.68. The van der Waals surface area contributed by atoms with Gasteiger partial charge >= 0.3 is 6.03 Å². The first kappa shape index (κ1) is 19.1. The van der Waals surface area contributed by atoms with Gasteiger partial charge in [-0.05, 0) is 25.9 Å². The molecule has 0 aliphatic heterocycles. The number of hydrogen-bond acceptors (Lipinski definition) is 6. The molecule has 1 aliphatic rings. The van der Waals surface area contributed by atoms with Gasteiger partial charge in [0.15, 0.2) is 0 Å². The van der Waals surface area contributed by atoms with Gasteiger partial charge in [-0.25, -0.2) is 4.79 Å². The van der Waals surface area contributed by atoms with E-state index in [0.29, 0.717) is 17.7 Å². The lowest BCUT2D eigenvalue weighted by Crippen LogP contribution is -2.41. The molecular formula is C16H29N5O2S. The first-order chi connectivity index (χ1) is 11.7. The van der Waals surface area contributed by atoms with E-state index in [0.717, 1.165) is 50.3 Å². The van der Waals surface area contributed by atoms with Gasteiger partial charge in [0.1, 0.15) is 5.01 Å². The second kappa shape index (κ2) is 9.90. The normalized spacial score (nSPS) is 20.5. The van der Waals surface area contributed by atoms with Crippen LogP contribution >= 0.6 is 11.3 Å². The maximum Gasteiger partial charge on any atom is 0.321 e. The van der Waals surface area contributed by atoms with Gasteiger partial charge < -0.3 is 15.0 Å². The summed E-state index contributed by atoms with van der Waals surface area (Å²) in [7, 11) is 1.70. The lowest BCUT2D eigenvalue weighted by Gasteiger charge is -2.19. The van der Waals surface area contributed by atoms with Crippen molar-refractivity contribution in [3.8, 4) is 0 Å². The number of methoxy groups -OCH3 is 1. The standard InChI is InChI=1S/C16H29N5O2S/c1-4-21(5-2)10-9-14-19-20-16(24-14)18-15(22)17-13-8-6-7-12(13)11-23-3/h12-13H,4-11H2,1-3H3,(H2,17,18,20,22)/t12-,13-/m1/s1. The molecule has 1 heterocycles. The van der Waals surface area contributed by atoms with Gasteiger partial charge in [0.25, 0.3) is 0 Å². The zero-order valence-electron chi connectivity index (χ0n) is 14.9. The molecule has 1 aromatic rings. The zero-order chi connectivity index (χ0) is 17.4. The number of amides is 2. The van der Waals surface area contributed by atoms with E-state index >= 15 is 0 Å². The number of nitrogens with one attached hydrogen (secondary N) is 2. The van der Waals surface area contributed by atoms with Crippen LogP contribution in [0.25, 0.3) is 0 Å². The van der Waals surface area contributed by atoms with E-state index in [4.69, 9.17) is 4.74 Å². The van der Waals surface area contributed by atoms with E-state index in [2.05, 4.69) is 39.6 Å². The average molecular weight is 356 g/mol. The number of carbonyl (C=O) groups is 1. The Balaban J connectivity index is 1.78. The van der Waals surface area contributed by atoms with Crippen molar-refractivity contribution in [1.29, 1.82) is 0 Å². The highest BCUT2D eigenvalue weighted by Crippen LogP contribution is 2.26. The number of rotatable bonds is 9. The molecule has 8 heteroatoms. The van der Waals surface area contributed by atoms with Gasteiger partial charge in [0.05, 0.1) is 6.61 Å².